The molecule has 1 N–H and O–H groups in total. The monoisotopic (exact) mass is 366 g/mol. The summed E-state index contributed by atoms with van der Waals surface area (Å²) >= 11 is 0. The maximum absolute atomic E-state index is 11.1. The topological polar surface area (TPSA) is 47.9 Å². The molecule has 0 fully saturated rings. The van der Waals surface area contributed by atoms with Crippen molar-refractivity contribution in [3.8, 4) is 17.2 Å². The van der Waals surface area contributed by atoms with E-state index < -0.39 is 9.05 Å². The molecule has 0 bridgehead atoms. The second-order valence-electron chi connectivity index (χ2n) is 6.27. The van der Waals surface area contributed by atoms with E-state index in [0.29, 0.717) is 17.2 Å². The summed E-state index contributed by atoms with van der Waals surface area (Å²) in [7, 11) is -4.02. The number of rotatable bonds is 6. The van der Waals surface area contributed by atoms with E-state index in [0.717, 1.165) is 16.7 Å². The van der Waals surface area contributed by atoms with Crippen LogP contribution in [0.25, 0.3) is 0 Å². The minimum Gasteiger partial charge on any atom is -0.462 e. The molecule has 0 aliphatic carbocycles. The van der Waals surface area contributed by atoms with Crippen LogP contribution in [-0.4, -0.2) is 13.8 Å². The van der Waals surface area contributed by atoms with Gasteiger partial charge in [-0.1, -0.05) is 53.1 Å². The van der Waals surface area contributed by atoms with Crippen molar-refractivity contribution in [2.45, 2.75) is 20.8 Å². The van der Waals surface area contributed by atoms with E-state index in [4.69, 9.17) is 13.3 Å². The summed E-state index contributed by atoms with van der Waals surface area (Å²) in [6.07, 6.45) is 0. The molecule has 0 atom stereocenters. The highest BCUT2D eigenvalue weighted by atomic mass is 28.4. The SMILES string of the molecule is Cc1ccc(O[Si](O)(Oc2ccc(C)cc2)Oc2ccc(C)cc2)cc1. The molecule has 0 aliphatic heterocycles. The molecule has 0 saturated carbocycles. The normalized spacial score (nSPS) is 11.1. The number of aryl methyl sites for hydroxylation is 3. The summed E-state index contributed by atoms with van der Waals surface area (Å²) in [5.74, 6) is 1.47. The van der Waals surface area contributed by atoms with E-state index in [2.05, 4.69) is 0 Å². The van der Waals surface area contributed by atoms with Gasteiger partial charge in [-0.15, -0.1) is 0 Å². The van der Waals surface area contributed by atoms with Crippen molar-refractivity contribution in [2.75, 3.05) is 0 Å². The first-order valence-corrected chi connectivity index (χ1v) is 10.1. The largest absolute Gasteiger partial charge is 0.890 e. The minimum absolute atomic E-state index is 0.490. The van der Waals surface area contributed by atoms with Crippen LogP contribution in [-0.2, 0) is 0 Å². The van der Waals surface area contributed by atoms with Gasteiger partial charge in [0.1, 0.15) is 17.2 Å². The zero-order valence-corrected chi connectivity index (χ0v) is 16.1. The van der Waals surface area contributed by atoms with Crippen molar-refractivity contribution >= 4 is 9.05 Å². The molecule has 3 aromatic rings. The number of hydrogen-bond acceptors (Lipinski definition) is 4. The van der Waals surface area contributed by atoms with Gasteiger partial charge in [-0.25, -0.2) is 0 Å². The van der Waals surface area contributed by atoms with Crippen LogP contribution in [0.1, 0.15) is 16.7 Å². The van der Waals surface area contributed by atoms with E-state index in [1.807, 2.05) is 57.2 Å². The third-order valence-corrected chi connectivity index (χ3v) is 5.28. The molecular formula is C21H22O4Si. The van der Waals surface area contributed by atoms with E-state index in [1.165, 1.54) is 0 Å². The lowest BCUT2D eigenvalue weighted by Crippen LogP contribution is -2.55. The van der Waals surface area contributed by atoms with E-state index >= 15 is 0 Å². The van der Waals surface area contributed by atoms with Gasteiger partial charge in [-0.3, -0.25) is 0 Å². The molecule has 0 amide bonds. The smallest absolute Gasteiger partial charge is 0.462 e. The van der Waals surface area contributed by atoms with Gasteiger partial charge in [-0.05, 0) is 57.2 Å². The van der Waals surface area contributed by atoms with Gasteiger partial charge < -0.3 is 18.1 Å². The van der Waals surface area contributed by atoms with Gasteiger partial charge in [0.15, 0.2) is 0 Å². The van der Waals surface area contributed by atoms with Crippen molar-refractivity contribution in [2.24, 2.45) is 0 Å². The highest BCUT2D eigenvalue weighted by Gasteiger charge is 2.50. The third kappa shape index (κ3) is 4.88. The second-order valence-corrected chi connectivity index (χ2v) is 7.93. The molecule has 0 unspecified atom stereocenters. The molecule has 26 heavy (non-hydrogen) atoms. The second kappa shape index (κ2) is 7.64. The number of hydrogen-bond donors (Lipinski definition) is 1. The van der Waals surface area contributed by atoms with Crippen LogP contribution in [0, 0.1) is 20.8 Å². The Balaban J connectivity index is 1.86. The summed E-state index contributed by atoms with van der Waals surface area (Å²) in [5, 5.41) is 0. The Labute approximate surface area is 155 Å². The summed E-state index contributed by atoms with van der Waals surface area (Å²) in [6.45, 7) is 5.96. The molecule has 0 aromatic heterocycles. The van der Waals surface area contributed by atoms with Crippen molar-refractivity contribution in [1.82, 2.24) is 0 Å². The van der Waals surface area contributed by atoms with Crippen LogP contribution in [0.5, 0.6) is 17.2 Å². The van der Waals surface area contributed by atoms with Gasteiger partial charge >= 0.3 is 9.05 Å². The lowest BCUT2D eigenvalue weighted by Gasteiger charge is -2.24. The molecule has 134 valence electrons. The predicted molar refractivity (Wildman–Crippen MR) is 103 cm³/mol. The Kier molecular flexibility index (Phi) is 5.30. The Morgan fingerprint density at radius 3 is 0.962 bits per heavy atom. The van der Waals surface area contributed by atoms with Crippen molar-refractivity contribution in [3.05, 3.63) is 89.5 Å². The molecule has 5 heteroatoms. The Morgan fingerprint density at radius 2 is 0.731 bits per heavy atom. The highest BCUT2D eigenvalue weighted by Crippen LogP contribution is 2.23. The number of benzene rings is 3. The Hall–Kier alpha value is -2.76. The highest BCUT2D eigenvalue weighted by molar-refractivity contribution is 6.54. The molecule has 0 heterocycles. The maximum Gasteiger partial charge on any atom is 0.890 e. The predicted octanol–water partition coefficient (Wildman–Crippen LogP) is 4.58. The molecule has 3 rings (SSSR count). The van der Waals surface area contributed by atoms with Gasteiger partial charge in [0.2, 0.25) is 0 Å². The van der Waals surface area contributed by atoms with Crippen LogP contribution in [0.15, 0.2) is 72.8 Å². The van der Waals surface area contributed by atoms with Crippen molar-refractivity contribution in [1.29, 1.82) is 0 Å². The first-order valence-electron chi connectivity index (χ1n) is 8.41. The average molecular weight is 366 g/mol. The van der Waals surface area contributed by atoms with Crippen LogP contribution >= 0.6 is 0 Å². The lowest BCUT2D eigenvalue weighted by atomic mass is 10.2. The fourth-order valence-corrected chi connectivity index (χ4v) is 3.76. The summed E-state index contributed by atoms with van der Waals surface area (Å²) in [5.41, 5.74) is 3.30. The van der Waals surface area contributed by atoms with Crippen LogP contribution < -0.4 is 13.3 Å². The van der Waals surface area contributed by atoms with Gasteiger partial charge in [0.25, 0.3) is 0 Å². The lowest BCUT2D eigenvalue weighted by molar-refractivity contribution is 0.150. The molecule has 0 saturated heterocycles. The van der Waals surface area contributed by atoms with Crippen LogP contribution in [0.3, 0.4) is 0 Å². The first-order chi connectivity index (χ1) is 12.4. The zero-order chi connectivity index (χ0) is 18.6. The molecular weight excluding hydrogens is 344 g/mol. The van der Waals surface area contributed by atoms with Crippen molar-refractivity contribution in [3.63, 3.8) is 0 Å². The average Bonchev–Trinajstić information content (AvgIpc) is 2.61. The fourth-order valence-electron chi connectivity index (χ4n) is 2.33. The van der Waals surface area contributed by atoms with E-state index in [9.17, 15) is 4.80 Å². The molecule has 0 radical (unpaired) electrons. The van der Waals surface area contributed by atoms with Gasteiger partial charge in [0.05, 0.1) is 0 Å². The van der Waals surface area contributed by atoms with E-state index in [-0.39, 0.29) is 0 Å². The van der Waals surface area contributed by atoms with E-state index in [1.54, 1.807) is 36.4 Å². The van der Waals surface area contributed by atoms with Crippen LogP contribution in [0.2, 0.25) is 0 Å². The summed E-state index contributed by atoms with van der Waals surface area (Å²) < 4.78 is 17.3. The minimum atomic E-state index is -4.02. The molecule has 0 aliphatic rings. The quantitative estimate of drug-likeness (QED) is 0.649. The Bertz CT molecular complexity index is 727. The van der Waals surface area contributed by atoms with Crippen LogP contribution in [0.4, 0.5) is 0 Å². The zero-order valence-electron chi connectivity index (χ0n) is 15.1. The summed E-state index contributed by atoms with van der Waals surface area (Å²) in [4.78, 5) is 11.1. The van der Waals surface area contributed by atoms with Crippen molar-refractivity contribution < 1.29 is 18.1 Å². The van der Waals surface area contributed by atoms with Gasteiger partial charge in [0, 0.05) is 0 Å². The molecule has 3 aromatic carbocycles. The van der Waals surface area contributed by atoms with Gasteiger partial charge in [-0.2, -0.15) is 0 Å². The molecule has 4 nitrogen and oxygen atoms in total. The standard InChI is InChI=1S/C21H22O4Si/c1-16-4-10-19(11-5-16)23-26(22,24-20-12-6-17(2)7-13-20)25-21-14-8-18(3)9-15-21/h4-15,22H,1-3H3. The fraction of sp³-hybridized carbons (Fsp3) is 0.143. The first kappa shape index (κ1) is 18.0. The third-order valence-electron chi connectivity index (χ3n) is 3.80. The summed E-state index contributed by atoms with van der Waals surface area (Å²) in [6, 6.07) is 22.1. The molecule has 0 spiro atoms. The maximum atomic E-state index is 11.1. The Morgan fingerprint density at radius 1 is 0.500 bits per heavy atom.